The number of aliphatic hydroxyl groups is 1. The number of carbonyl (C=O) groups is 3. The molecule has 10 heteroatoms. The van der Waals surface area contributed by atoms with Crippen LogP contribution >= 0.6 is 0 Å². The van der Waals surface area contributed by atoms with Gasteiger partial charge in [0, 0.05) is 44.3 Å². The number of hydrogen-bond acceptors (Lipinski definition) is 8. The van der Waals surface area contributed by atoms with Gasteiger partial charge in [-0.1, -0.05) is 77.2 Å². The van der Waals surface area contributed by atoms with Crippen LogP contribution in [0.1, 0.15) is 147 Å². The molecule has 2 aliphatic heterocycles. The number of amides is 2. The van der Waals surface area contributed by atoms with Gasteiger partial charge in [-0.15, -0.1) is 0 Å². The van der Waals surface area contributed by atoms with E-state index >= 15 is 0 Å². The monoisotopic (exact) mass is 762 g/mol. The molecule has 0 radical (unpaired) electrons. The van der Waals surface area contributed by atoms with E-state index in [-0.39, 0.29) is 50.0 Å². The zero-order valence-corrected chi connectivity index (χ0v) is 34.0. The number of epoxide rings is 1. The quantitative estimate of drug-likeness (QED) is 0.0841. The number of esters is 1. The Balaban J connectivity index is 1.19. The number of allylic oxidation sites excluding steroid dienone is 1. The van der Waals surface area contributed by atoms with Crippen LogP contribution in [0.15, 0.2) is 41.5 Å². The molecule has 304 valence electrons. The second-order valence-corrected chi connectivity index (χ2v) is 17.7. The van der Waals surface area contributed by atoms with Crippen molar-refractivity contribution in [3.63, 3.8) is 0 Å². The molecule has 4 fully saturated rings. The highest BCUT2D eigenvalue weighted by atomic mass is 16.8. The van der Waals surface area contributed by atoms with Crippen molar-refractivity contribution in [1.82, 2.24) is 10.6 Å². The molecular formula is C45H66N2O8. The molecule has 3 N–H and O–H groups in total. The Hall–Kier alpha value is -3.05. The molecule has 7 atom stereocenters. The summed E-state index contributed by atoms with van der Waals surface area (Å²) in [5, 5.41) is 14.4. The van der Waals surface area contributed by atoms with Crippen LogP contribution in [0.25, 0.3) is 6.08 Å². The van der Waals surface area contributed by atoms with Crippen molar-refractivity contribution in [1.29, 1.82) is 0 Å². The van der Waals surface area contributed by atoms with E-state index in [1.807, 2.05) is 18.2 Å². The largest absolute Gasteiger partial charge is 0.456 e. The first-order valence-electron chi connectivity index (χ1n) is 21.3. The summed E-state index contributed by atoms with van der Waals surface area (Å²) < 4.78 is 26.1. The Morgan fingerprint density at radius 1 is 0.964 bits per heavy atom. The molecule has 2 heterocycles. The highest BCUT2D eigenvalue weighted by Gasteiger charge is 2.56. The highest BCUT2D eigenvalue weighted by Crippen LogP contribution is 2.59. The minimum absolute atomic E-state index is 0.0269. The van der Waals surface area contributed by atoms with Gasteiger partial charge in [0.1, 0.15) is 18.3 Å². The molecule has 1 aromatic carbocycles. The smallest absolute Gasteiger partial charge is 0.338 e. The normalized spacial score (nSPS) is 30.9. The fourth-order valence-corrected chi connectivity index (χ4v) is 9.67. The van der Waals surface area contributed by atoms with Crippen LogP contribution in [-0.2, 0) is 28.5 Å². The summed E-state index contributed by atoms with van der Waals surface area (Å²) in [5.74, 6) is -0.676. The lowest BCUT2D eigenvalue weighted by Crippen LogP contribution is -2.45. The van der Waals surface area contributed by atoms with Gasteiger partial charge in [-0.3, -0.25) is 9.59 Å². The first-order valence-corrected chi connectivity index (χ1v) is 21.3. The fraction of sp³-hybridized carbons (Fsp3) is 0.711. The lowest BCUT2D eigenvalue weighted by Gasteiger charge is -2.53. The molecule has 1 aromatic rings. The summed E-state index contributed by atoms with van der Waals surface area (Å²) in [5.41, 5.74) is 3.69. The Morgan fingerprint density at radius 2 is 1.73 bits per heavy atom. The predicted octanol–water partition coefficient (Wildman–Crippen LogP) is 7.58. The van der Waals surface area contributed by atoms with E-state index in [1.165, 1.54) is 18.4 Å². The maximum absolute atomic E-state index is 14.0. The summed E-state index contributed by atoms with van der Waals surface area (Å²) in [7, 11) is 0. The zero-order valence-electron chi connectivity index (χ0n) is 34.0. The van der Waals surface area contributed by atoms with Gasteiger partial charge in [0.05, 0.1) is 23.9 Å². The lowest BCUT2D eigenvalue weighted by molar-refractivity contribution is -0.190. The third kappa shape index (κ3) is 10.1. The second-order valence-electron chi connectivity index (χ2n) is 17.7. The fourth-order valence-electron chi connectivity index (χ4n) is 9.67. The molecule has 0 bridgehead atoms. The number of hydrogen-bond donors (Lipinski definition) is 3. The number of fused-ring (bicyclic) bond motifs is 3. The van der Waals surface area contributed by atoms with Gasteiger partial charge in [0.15, 0.2) is 5.79 Å². The molecular weight excluding hydrogens is 697 g/mol. The van der Waals surface area contributed by atoms with Gasteiger partial charge in [-0.2, -0.15) is 0 Å². The zero-order chi connectivity index (χ0) is 39.2. The third-order valence-corrected chi connectivity index (χ3v) is 13.0. The highest BCUT2D eigenvalue weighted by molar-refractivity contribution is 5.94. The molecule has 2 saturated heterocycles. The Kier molecular flexibility index (Phi) is 13.6. The Labute approximate surface area is 328 Å². The number of nitrogens with one attached hydrogen (secondary N) is 2. The Morgan fingerprint density at radius 3 is 2.44 bits per heavy atom. The van der Waals surface area contributed by atoms with E-state index in [9.17, 15) is 14.4 Å². The van der Waals surface area contributed by atoms with Crippen LogP contribution in [0.3, 0.4) is 0 Å². The molecule has 10 nitrogen and oxygen atoms in total. The summed E-state index contributed by atoms with van der Waals surface area (Å²) in [6, 6.07) is 7.70. The number of aliphatic hydroxyl groups excluding tert-OH is 1. The average molecular weight is 763 g/mol. The molecule has 6 rings (SSSR count). The van der Waals surface area contributed by atoms with Crippen LogP contribution in [0.4, 0.5) is 0 Å². The van der Waals surface area contributed by atoms with Crippen LogP contribution in [0.2, 0.25) is 0 Å². The first kappa shape index (κ1) is 41.6. The van der Waals surface area contributed by atoms with Crippen molar-refractivity contribution in [2.45, 2.75) is 167 Å². The van der Waals surface area contributed by atoms with E-state index in [4.69, 9.17) is 24.1 Å². The summed E-state index contributed by atoms with van der Waals surface area (Å²) in [6.45, 7) is 11.6. The van der Waals surface area contributed by atoms with Crippen molar-refractivity contribution in [3.05, 3.63) is 52.6 Å². The van der Waals surface area contributed by atoms with E-state index in [1.54, 1.807) is 6.07 Å². The number of benzene rings is 1. The maximum atomic E-state index is 14.0. The van der Waals surface area contributed by atoms with E-state index in [0.29, 0.717) is 34.5 Å². The van der Waals surface area contributed by atoms with Crippen LogP contribution < -0.4 is 10.6 Å². The molecule has 2 amide bonds. The van der Waals surface area contributed by atoms with Crippen molar-refractivity contribution >= 4 is 23.9 Å². The number of unbranched alkanes of at least 4 members (excludes halogenated alkanes) is 4. The topological polar surface area (TPSA) is 136 Å². The SMILES string of the molecule is CCCCCC1(CCCCC)O[C@@H]2[C@@H](C=C(C(=O)NCCC(=O)NCCO)C[C@H]2OC(=O)c2cccc(C=C3CCC4O[C@]4(C)CC[C@@H]4[C@@H]3CC4(C)C)c2)O1. The molecule has 0 aromatic heterocycles. The summed E-state index contributed by atoms with van der Waals surface area (Å²) in [4.78, 5) is 39.6. The van der Waals surface area contributed by atoms with E-state index < -0.39 is 30.1 Å². The van der Waals surface area contributed by atoms with Crippen molar-refractivity contribution < 1.29 is 38.4 Å². The van der Waals surface area contributed by atoms with Gasteiger partial charge in [-0.25, -0.2) is 4.79 Å². The summed E-state index contributed by atoms with van der Waals surface area (Å²) in [6.07, 6.45) is 16.0. The standard InChI is InChI=1S/C45H66N2O8/c1-6-8-10-19-45(20-11-9-7-2)53-37-28-33(41(50)47-22-18-39(49)46-23-24-48)27-36(40(37)55-45)52-42(51)32-14-12-13-30(26-32)25-31-15-16-38-44(5,54-38)21-17-35-34(31)29-43(35,3)4/h12-14,25-26,28,34-38,40,48H,6-11,15-24,27,29H2,1-5H3,(H,46,49)(H,47,50)/t34-,35-,36-,37-,38?,40+,44-/m1/s1. The van der Waals surface area contributed by atoms with E-state index in [0.717, 1.165) is 76.2 Å². The summed E-state index contributed by atoms with van der Waals surface area (Å²) >= 11 is 0. The first-order chi connectivity index (χ1) is 26.4. The van der Waals surface area contributed by atoms with Crippen molar-refractivity contribution in [2.24, 2.45) is 17.3 Å². The predicted molar refractivity (Wildman–Crippen MR) is 212 cm³/mol. The lowest BCUT2D eigenvalue weighted by atomic mass is 9.52. The van der Waals surface area contributed by atoms with Gasteiger partial charge >= 0.3 is 5.97 Å². The van der Waals surface area contributed by atoms with Crippen molar-refractivity contribution in [3.8, 4) is 0 Å². The van der Waals surface area contributed by atoms with Crippen LogP contribution in [0, 0.1) is 17.3 Å². The van der Waals surface area contributed by atoms with Crippen molar-refractivity contribution in [2.75, 3.05) is 19.7 Å². The van der Waals surface area contributed by atoms with E-state index in [2.05, 4.69) is 57.4 Å². The minimum Gasteiger partial charge on any atom is -0.456 e. The molecule has 1 unspecified atom stereocenters. The number of carbonyl (C=O) groups excluding carboxylic acids is 3. The minimum atomic E-state index is -0.809. The number of ether oxygens (including phenoxy) is 4. The number of rotatable bonds is 17. The van der Waals surface area contributed by atoms with Gasteiger partial charge in [0.2, 0.25) is 11.8 Å². The third-order valence-electron chi connectivity index (χ3n) is 13.0. The van der Waals surface area contributed by atoms with Gasteiger partial charge < -0.3 is 34.7 Å². The van der Waals surface area contributed by atoms with Gasteiger partial charge in [0.25, 0.3) is 0 Å². The molecule has 5 aliphatic rings. The average Bonchev–Trinajstić information content (AvgIpc) is 3.64. The Bertz CT molecular complexity index is 1580. The maximum Gasteiger partial charge on any atom is 0.338 e. The van der Waals surface area contributed by atoms with Crippen LogP contribution in [-0.4, -0.2) is 78.4 Å². The molecule has 2 saturated carbocycles. The molecule has 3 aliphatic carbocycles. The molecule has 55 heavy (non-hydrogen) atoms. The van der Waals surface area contributed by atoms with Gasteiger partial charge in [-0.05, 0) is 92.9 Å². The second kappa shape index (κ2) is 18.0. The van der Waals surface area contributed by atoms with Crippen LogP contribution in [0.5, 0.6) is 0 Å². The molecule has 0 spiro atoms.